The molecule has 1 aromatic rings. The highest BCUT2D eigenvalue weighted by molar-refractivity contribution is 6.31. The minimum Gasteiger partial charge on any atom is -0.371 e. The predicted octanol–water partition coefficient (Wildman–Crippen LogP) is 4.22. The van der Waals surface area contributed by atoms with Crippen LogP contribution >= 0.6 is 11.6 Å². The molecule has 1 saturated heterocycles. The number of halogens is 1. The largest absolute Gasteiger partial charge is 0.371 e. The average molecular weight is 281 g/mol. The van der Waals surface area contributed by atoms with Gasteiger partial charge in [0.05, 0.1) is 0 Å². The van der Waals surface area contributed by atoms with Crippen molar-refractivity contribution < 1.29 is 0 Å². The monoisotopic (exact) mass is 280 g/mol. The van der Waals surface area contributed by atoms with Gasteiger partial charge in [-0.05, 0) is 31.5 Å². The maximum absolute atomic E-state index is 6.39. The minimum atomic E-state index is 0.863. The summed E-state index contributed by atoms with van der Waals surface area (Å²) in [4.78, 5) is 2.53. The molecule has 2 nitrogen and oxygen atoms in total. The summed E-state index contributed by atoms with van der Waals surface area (Å²) in [7, 11) is 0. The number of anilines is 1. The average Bonchev–Trinajstić information content (AvgIpc) is 2.37. The molecule has 0 spiro atoms. The standard InChI is InChI=1S/C16H25ClN2/c1-2-18-13-14-15(17)9-8-10-16(14)19-11-6-4-3-5-7-12-19/h8-10,18H,2-7,11-13H2,1H3. The third-order valence-corrected chi connectivity index (χ3v) is 4.20. The Morgan fingerprint density at radius 1 is 1.11 bits per heavy atom. The Labute approximate surface area is 122 Å². The molecule has 0 aromatic heterocycles. The van der Waals surface area contributed by atoms with Crippen molar-refractivity contribution in [2.75, 3.05) is 24.5 Å². The lowest BCUT2D eigenvalue weighted by Gasteiger charge is -2.29. The molecular weight excluding hydrogens is 256 g/mol. The Balaban J connectivity index is 2.18. The second-order valence-electron chi connectivity index (χ2n) is 5.27. The Morgan fingerprint density at radius 2 is 1.79 bits per heavy atom. The van der Waals surface area contributed by atoms with Gasteiger partial charge in [0.15, 0.2) is 0 Å². The first kappa shape index (κ1) is 14.7. The topological polar surface area (TPSA) is 15.3 Å². The summed E-state index contributed by atoms with van der Waals surface area (Å²) < 4.78 is 0. The first-order valence-corrected chi connectivity index (χ1v) is 7.93. The van der Waals surface area contributed by atoms with Crippen molar-refractivity contribution in [1.82, 2.24) is 5.32 Å². The molecule has 1 heterocycles. The van der Waals surface area contributed by atoms with Gasteiger partial charge in [0.1, 0.15) is 0 Å². The SMILES string of the molecule is CCNCc1c(Cl)cccc1N1CCCCCCC1. The third kappa shape index (κ3) is 4.12. The highest BCUT2D eigenvalue weighted by Gasteiger charge is 2.14. The van der Waals surface area contributed by atoms with Gasteiger partial charge in [-0.3, -0.25) is 0 Å². The summed E-state index contributed by atoms with van der Waals surface area (Å²) in [6, 6.07) is 6.30. The molecule has 19 heavy (non-hydrogen) atoms. The van der Waals surface area contributed by atoms with Gasteiger partial charge in [-0.15, -0.1) is 0 Å². The van der Waals surface area contributed by atoms with Crippen molar-refractivity contribution >= 4 is 17.3 Å². The van der Waals surface area contributed by atoms with Gasteiger partial charge < -0.3 is 10.2 Å². The molecule has 0 amide bonds. The zero-order valence-corrected chi connectivity index (χ0v) is 12.7. The van der Waals surface area contributed by atoms with E-state index in [0.29, 0.717) is 0 Å². The van der Waals surface area contributed by atoms with Crippen molar-refractivity contribution in [3.8, 4) is 0 Å². The Kier molecular flexibility index (Phi) is 5.99. The van der Waals surface area contributed by atoms with E-state index in [-0.39, 0.29) is 0 Å². The molecule has 3 heteroatoms. The number of hydrogen-bond acceptors (Lipinski definition) is 2. The van der Waals surface area contributed by atoms with E-state index >= 15 is 0 Å². The molecule has 106 valence electrons. The fourth-order valence-electron chi connectivity index (χ4n) is 2.76. The highest BCUT2D eigenvalue weighted by Crippen LogP contribution is 2.29. The number of hydrogen-bond donors (Lipinski definition) is 1. The predicted molar refractivity (Wildman–Crippen MR) is 84.1 cm³/mol. The third-order valence-electron chi connectivity index (χ3n) is 3.84. The Morgan fingerprint density at radius 3 is 2.47 bits per heavy atom. The molecular formula is C16H25ClN2. The zero-order valence-electron chi connectivity index (χ0n) is 11.9. The van der Waals surface area contributed by atoms with E-state index in [0.717, 1.165) is 18.1 Å². The second kappa shape index (κ2) is 7.76. The quantitative estimate of drug-likeness (QED) is 0.888. The number of benzene rings is 1. The van der Waals surface area contributed by atoms with E-state index in [1.165, 1.54) is 56.4 Å². The zero-order chi connectivity index (χ0) is 13.5. The Bertz CT molecular complexity index is 384. The van der Waals surface area contributed by atoms with Crippen LogP contribution in [0.25, 0.3) is 0 Å². The van der Waals surface area contributed by atoms with Crippen LogP contribution in [0.1, 0.15) is 44.6 Å². The molecule has 2 rings (SSSR count). The van der Waals surface area contributed by atoms with Crippen LogP contribution in [-0.2, 0) is 6.54 Å². The van der Waals surface area contributed by atoms with E-state index in [1.54, 1.807) is 0 Å². The number of nitrogens with zero attached hydrogens (tertiary/aromatic N) is 1. The molecule has 0 unspecified atom stereocenters. The van der Waals surface area contributed by atoms with Crippen LogP contribution in [0.15, 0.2) is 18.2 Å². The van der Waals surface area contributed by atoms with Crippen LogP contribution in [0.2, 0.25) is 5.02 Å². The lowest BCUT2D eigenvalue weighted by Crippen LogP contribution is -2.29. The molecule has 0 aliphatic carbocycles. The van der Waals surface area contributed by atoms with Crippen LogP contribution in [0.3, 0.4) is 0 Å². The summed E-state index contributed by atoms with van der Waals surface area (Å²) in [6.07, 6.45) is 6.72. The Hall–Kier alpha value is -0.730. The summed E-state index contributed by atoms with van der Waals surface area (Å²) in [5, 5.41) is 4.29. The first-order valence-electron chi connectivity index (χ1n) is 7.56. The van der Waals surface area contributed by atoms with Gasteiger partial charge in [-0.25, -0.2) is 0 Å². The maximum Gasteiger partial charge on any atom is 0.0471 e. The lowest BCUT2D eigenvalue weighted by molar-refractivity contribution is 0.555. The summed E-state index contributed by atoms with van der Waals surface area (Å²) >= 11 is 6.39. The van der Waals surface area contributed by atoms with Gasteiger partial charge in [0, 0.05) is 35.9 Å². The molecule has 0 bridgehead atoms. The molecule has 1 aliphatic rings. The van der Waals surface area contributed by atoms with Crippen molar-refractivity contribution in [3.63, 3.8) is 0 Å². The molecule has 1 N–H and O–H groups in total. The maximum atomic E-state index is 6.39. The van der Waals surface area contributed by atoms with Gasteiger partial charge >= 0.3 is 0 Å². The first-order chi connectivity index (χ1) is 9.33. The van der Waals surface area contributed by atoms with Gasteiger partial charge in [0.25, 0.3) is 0 Å². The van der Waals surface area contributed by atoms with Crippen LogP contribution in [-0.4, -0.2) is 19.6 Å². The van der Waals surface area contributed by atoms with E-state index in [1.807, 2.05) is 6.07 Å². The van der Waals surface area contributed by atoms with Crippen molar-refractivity contribution in [2.24, 2.45) is 0 Å². The van der Waals surface area contributed by atoms with Gasteiger partial charge in [-0.1, -0.05) is 43.9 Å². The molecule has 0 radical (unpaired) electrons. The summed E-state index contributed by atoms with van der Waals surface area (Å²) in [6.45, 7) is 6.30. The molecule has 0 atom stereocenters. The van der Waals surface area contributed by atoms with Crippen LogP contribution in [0, 0.1) is 0 Å². The van der Waals surface area contributed by atoms with Crippen LogP contribution in [0.5, 0.6) is 0 Å². The summed E-state index contributed by atoms with van der Waals surface area (Å²) in [5.74, 6) is 0. The highest BCUT2D eigenvalue weighted by atomic mass is 35.5. The van der Waals surface area contributed by atoms with Gasteiger partial charge in [0.2, 0.25) is 0 Å². The van der Waals surface area contributed by atoms with E-state index in [4.69, 9.17) is 11.6 Å². The minimum absolute atomic E-state index is 0.863. The van der Waals surface area contributed by atoms with Crippen LogP contribution in [0.4, 0.5) is 5.69 Å². The molecule has 0 saturated carbocycles. The van der Waals surface area contributed by atoms with E-state index < -0.39 is 0 Å². The molecule has 1 fully saturated rings. The normalized spacial score (nSPS) is 17.1. The second-order valence-corrected chi connectivity index (χ2v) is 5.68. The van der Waals surface area contributed by atoms with Crippen LogP contribution < -0.4 is 10.2 Å². The fraction of sp³-hybridized carbons (Fsp3) is 0.625. The molecule has 1 aliphatic heterocycles. The number of rotatable bonds is 4. The van der Waals surface area contributed by atoms with E-state index in [2.05, 4.69) is 29.3 Å². The van der Waals surface area contributed by atoms with Crippen molar-refractivity contribution in [2.45, 2.75) is 45.6 Å². The summed E-state index contributed by atoms with van der Waals surface area (Å²) in [5.41, 5.74) is 2.59. The van der Waals surface area contributed by atoms with Crippen molar-refractivity contribution in [3.05, 3.63) is 28.8 Å². The fourth-order valence-corrected chi connectivity index (χ4v) is 2.99. The van der Waals surface area contributed by atoms with Crippen molar-refractivity contribution in [1.29, 1.82) is 0 Å². The van der Waals surface area contributed by atoms with Gasteiger partial charge in [-0.2, -0.15) is 0 Å². The van der Waals surface area contributed by atoms with E-state index in [9.17, 15) is 0 Å². The lowest BCUT2D eigenvalue weighted by atomic mass is 10.1. The molecule has 1 aromatic carbocycles. The smallest absolute Gasteiger partial charge is 0.0471 e. The number of nitrogens with one attached hydrogen (secondary N) is 1.